The number of aliphatic hydroxyl groups excluding tert-OH is 1. The maximum Gasteiger partial charge on any atom is 0.252 e. The highest BCUT2D eigenvalue weighted by Gasteiger charge is 2.35. The quantitative estimate of drug-likeness (QED) is 0.800. The zero-order valence-electron chi connectivity index (χ0n) is 17.5. The molecule has 1 unspecified atom stereocenters. The molecule has 9 heteroatoms. The van der Waals surface area contributed by atoms with Gasteiger partial charge in [-0.1, -0.05) is 0 Å². The summed E-state index contributed by atoms with van der Waals surface area (Å²) in [5.74, 6) is -1.10. The number of aromatic nitrogens is 4. The molecule has 4 rings (SSSR count). The van der Waals surface area contributed by atoms with Crippen LogP contribution in [0.15, 0.2) is 12.1 Å². The summed E-state index contributed by atoms with van der Waals surface area (Å²) in [7, 11) is 0. The van der Waals surface area contributed by atoms with Crippen molar-refractivity contribution in [1.29, 1.82) is 0 Å². The van der Waals surface area contributed by atoms with Gasteiger partial charge in [-0.05, 0) is 45.1 Å². The maximum absolute atomic E-state index is 13.5. The minimum Gasteiger partial charge on any atom is -0.394 e. The average Bonchev–Trinajstić information content (AvgIpc) is 3.07. The third-order valence-electron chi connectivity index (χ3n) is 5.95. The maximum atomic E-state index is 13.5. The van der Waals surface area contributed by atoms with Gasteiger partial charge in [0.2, 0.25) is 5.92 Å². The predicted octanol–water partition coefficient (Wildman–Crippen LogP) is 2.84. The largest absolute Gasteiger partial charge is 0.394 e. The highest BCUT2D eigenvalue weighted by atomic mass is 19.3. The highest BCUT2D eigenvalue weighted by Crippen LogP contribution is 2.37. The van der Waals surface area contributed by atoms with Crippen molar-refractivity contribution in [3.05, 3.63) is 29.2 Å². The Hall–Kier alpha value is -2.13. The van der Waals surface area contributed by atoms with E-state index in [2.05, 4.69) is 10.00 Å². The first-order valence-corrected chi connectivity index (χ1v) is 10.6. The molecule has 2 aromatic heterocycles. The summed E-state index contributed by atoms with van der Waals surface area (Å²) in [6.45, 7) is 5.55. The van der Waals surface area contributed by atoms with E-state index in [0.717, 1.165) is 22.9 Å². The van der Waals surface area contributed by atoms with Crippen molar-refractivity contribution in [2.75, 3.05) is 31.2 Å². The second-order valence-electron chi connectivity index (χ2n) is 8.48. The molecule has 2 aromatic rings. The zero-order valence-corrected chi connectivity index (χ0v) is 17.5. The van der Waals surface area contributed by atoms with Crippen LogP contribution in [0.2, 0.25) is 0 Å². The van der Waals surface area contributed by atoms with Gasteiger partial charge in [0.1, 0.15) is 5.82 Å². The first-order chi connectivity index (χ1) is 14.3. The number of rotatable bonds is 5. The van der Waals surface area contributed by atoms with Crippen molar-refractivity contribution < 1.29 is 18.6 Å². The Labute approximate surface area is 175 Å². The van der Waals surface area contributed by atoms with E-state index < -0.39 is 5.92 Å². The Balaban J connectivity index is 1.63. The van der Waals surface area contributed by atoms with Crippen molar-refractivity contribution in [3.8, 4) is 5.95 Å². The fourth-order valence-electron chi connectivity index (χ4n) is 4.30. The Morgan fingerprint density at radius 2 is 1.97 bits per heavy atom. The van der Waals surface area contributed by atoms with E-state index in [0.29, 0.717) is 44.9 Å². The van der Waals surface area contributed by atoms with Gasteiger partial charge in [0, 0.05) is 43.4 Å². The lowest BCUT2D eigenvalue weighted by atomic mass is 9.84. The van der Waals surface area contributed by atoms with Crippen molar-refractivity contribution in [1.82, 2.24) is 19.7 Å². The van der Waals surface area contributed by atoms with Gasteiger partial charge in [0.25, 0.3) is 5.95 Å². The second kappa shape index (κ2) is 8.55. The van der Waals surface area contributed by atoms with Gasteiger partial charge >= 0.3 is 0 Å². The Morgan fingerprint density at radius 1 is 1.20 bits per heavy atom. The number of aryl methyl sites for hydroxylation is 2. The Kier molecular flexibility index (Phi) is 6.02. The molecule has 0 amide bonds. The number of ether oxygens (including phenoxy) is 1. The van der Waals surface area contributed by atoms with Gasteiger partial charge in [0.05, 0.1) is 25.0 Å². The molecular weight excluding hydrogens is 392 g/mol. The standard InChI is InChI=1S/C21H29F2N5O2/c1-14-9-15(2)28(26-14)20-24-17(10-16-3-5-21(22,23)6-4-16)11-19(25-20)27-7-8-30-18(12-27)13-29/h9,11,16,18,29H,3-8,10,12-13H2,1-2H3. The zero-order chi connectivity index (χ0) is 21.3. The molecule has 1 aliphatic heterocycles. The fourth-order valence-corrected chi connectivity index (χ4v) is 4.30. The summed E-state index contributed by atoms with van der Waals surface area (Å²) in [6.07, 6.45) is 1.29. The number of morpholine rings is 1. The van der Waals surface area contributed by atoms with Crippen molar-refractivity contribution >= 4 is 5.82 Å². The summed E-state index contributed by atoms with van der Waals surface area (Å²) in [6, 6.07) is 3.91. The number of anilines is 1. The van der Waals surface area contributed by atoms with E-state index >= 15 is 0 Å². The lowest BCUT2D eigenvalue weighted by molar-refractivity contribution is -0.0457. The summed E-state index contributed by atoms with van der Waals surface area (Å²) in [4.78, 5) is 11.6. The molecule has 2 aliphatic rings. The lowest BCUT2D eigenvalue weighted by Crippen LogP contribution is -2.44. The number of hydrogen-bond donors (Lipinski definition) is 1. The van der Waals surface area contributed by atoms with E-state index in [1.54, 1.807) is 4.68 Å². The Bertz CT molecular complexity index is 878. The third kappa shape index (κ3) is 4.78. The van der Waals surface area contributed by atoms with E-state index in [9.17, 15) is 13.9 Å². The monoisotopic (exact) mass is 421 g/mol. The van der Waals surface area contributed by atoms with Gasteiger partial charge in [-0.2, -0.15) is 10.1 Å². The van der Waals surface area contributed by atoms with Crippen molar-refractivity contribution in [2.24, 2.45) is 5.92 Å². The molecule has 3 heterocycles. The SMILES string of the molecule is Cc1cc(C)n(-c2nc(CC3CCC(F)(F)CC3)cc(N3CCOC(CO)C3)n2)n1. The van der Waals surface area contributed by atoms with Crippen molar-refractivity contribution in [3.63, 3.8) is 0 Å². The molecular formula is C21H29F2N5O2. The van der Waals surface area contributed by atoms with Crippen LogP contribution in [0.5, 0.6) is 0 Å². The smallest absolute Gasteiger partial charge is 0.252 e. The molecule has 1 saturated heterocycles. The number of alkyl halides is 2. The Morgan fingerprint density at radius 3 is 2.63 bits per heavy atom. The number of halogens is 2. The minimum atomic E-state index is -2.53. The van der Waals surface area contributed by atoms with Crippen LogP contribution in [0.25, 0.3) is 5.95 Å². The summed E-state index contributed by atoms with van der Waals surface area (Å²) in [5.41, 5.74) is 2.65. The first kappa shape index (κ1) is 21.1. The van der Waals surface area contributed by atoms with Crippen LogP contribution >= 0.6 is 0 Å². The van der Waals surface area contributed by atoms with Crippen molar-refractivity contribution in [2.45, 2.75) is 58.0 Å². The van der Waals surface area contributed by atoms with Crippen LogP contribution in [-0.2, 0) is 11.2 Å². The van der Waals surface area contributed by atoms with Crippen LogP contribution in [0, 0.1) is 19.8 Å². The molecule has 0 spiro atoms. The molecule has 1 atom stereocenters. The number of aliphatic hydroxyl groups is 1. The molecule has 1 aliphatic carbocycles. The fraction of sp³-hybridized carbons (Fsp3) is 0.667. The van der Waals surface area contributed by atoms with E-state index in [4.69, 9.17) is 14.7 Å². The van der Waals surface area contributed by atoms with E-state index in [1.807, 2.05) is 26.0 Å². The van der Waals surface area contributed by atoms with Crippen LogP contribution in [0.3, 0.4) is 0 Å². The van der Waals surface area contributed by atoms with Gasteiger partial charge < -0.3 is 14.7 Å². The molecule has 164 valence electrons. The molecule has 1 N–H and O–H groups in total. The molecule has 0 aromatic carbocycles. The van der Waals surface area contributed by atoms with Crippen LogP contribution in [0.4, 0.5) is 14.6 Å². The molecule has 1 saturated carbocycles. The normalized spacial score (nSPS) is 22.4. The second-order valence-corrected chi connectivity index (χ2v) is 8.48. The average molecular weight is 421 g/mol. The van der Waals surface area contributed by atoms with E-state index in [1.165, 1.54) is 0 Å². The minimum absolute atomic E-state index is 0.0466. The summed E-state index contributed by atoms with van der Waals surface area (Å²) in [5, 5.41) is 14.0. The van der Waals surface area contributed by atoms with Crippen LogP contribution < -0.4 is 4.90 Å². The van der Waals surface area contributed by atoms with Crippen LogP contribution in [0.1, 0.15) is 42.8 Å². The third-order valence-corrected chi connectivity index (χ3v) is 5.95. The predicted molar refractivity (Wildman–Crippen MR) is 108 cm³/mol. The topological polar surface area (TPSA) is 76.3 Å². The summed E-state index contributed by atoms with van der Waals surface area (Å²) < 4.78 is 34.4. The molecule has 0 radical (unpaired) electrons. The first-order valence-electron chi connectivity index (χ1n) is 10.6. The number of nitrogens with zero attached hydrogens (tertiary/aromatic N) is 5. The lowest BCUT2D eigenvalue weighted by Gasteiger charge is -2.33. The van der Waals surface area contributed by atoms with E-state index in [-0.39, 0.29) is 31.5 Å². The van der Waals surface area contributed by atoms with Gasteiger partial charge in [-0.3, -0.25) is 0 Å². The molecule has 30 heavy (non-hydrogen) atoms. The van der Waals surface area contributed by atoms with Gasteiger partial charge in [-0.25, -0.2) is 18.4 Å². The van der Waals surface area contributed by atoms with Gasteiger partial charge in [-0.15, -0.1) is 0 Å². The molecule has 7 nitrogen and oxygen atoms in total. The summed E-state index contributed by atoms with van der Waals surface area (Å²) >= 11 is 0. The van der Waals surface area contributed by atoms with Gasteiger partial charge in [0.15, 0.2) is 0 Å². The highest BCUT2D eigenvalue weighted by molar-refractivity contribution is 5.43. The number of hydrogen-bond acceptors (Lipinski definition) is 6. The molecule has 0 bridgehead atoms. The molecule has 2 fully saturated rings. The van der Waals surface area contributed by atoms with Crippen LogP contribution in [-0.4, -0.2) is 63.2 Å².